The van der Waals surface area contributed by atoms with Gasteiger partial charge in [0.25, 0.3) is 0 Å². The standard InChI is InChI=1S/C28H26Cl2N2O6S/c1-28(11-4-12-32(28)39(37,38)23-15-21(29)14-22(30)16-23)27(36)31-25(26(34)35)13-18-7-9-19(10-8-18)24-6-3-2-5-20(24)17-33/h2-3,5-10,14-17,25H,4,11-13H2,1H3,(H,31,36)(H,34,35)/t25?,28-/m0/s1. The number of aldehydes is 1. The molecule has 2 atom stereocenters. The molecule has 0 bridgehead atoms. The Hall–Kier alpha value is -3.24. The number of carbonyl (C=O) groups is 3. The quantitative estimate of drug-likeness (QED) is 0.345. The molecule has 1 unspecified atom stereocenters. The fraction of sp³-hybridized carbons (Fsp3) is 0.250. The number of carbonyl (C=O) groups excluding carboxylic acids is 2. The van der Waals surface area contributed by atoms with Gasteiger partial charge in [-0.05, 0) is 54.7 Å². The van der Waals surface area contributed by atoms with Crippen molar-refractivity contribution in [2.75, 3.05) is 6.54 Å². The fourth-order valence-corrected chi connectivity index (χ4v) is 7.32. The van der Waals surface area contributed by atoms with Gasteiger partial charge in [0.05, 0.1) is 4.90 Å². The third kappa shape index (κ3) is 6.01. The van der Waals surface area contributed by atoms with Crippen LogP contribution < -0.4 is 5.32 Å². The fourth-order valence-electron chi connectivity index (χ4n) is 4.79. The van der Waals surface area contributed by atoms with E-state index in [0.29, 0.717) is 17.5 Å². The summed E-state index contributed by atoms with van der Waals surface area (Å²) in [5, 5.41) is 12.7. The number of halogens is 2. The van der Waals surface area contributed by atoms with Gasteiger partial charge in [-0.3, -0.25) is 9.59 Å². The van der Waals surface area contributed by atoms with Crippen LogP contribution in [-0.2, 0) is 26.0 Å². The summed E-state index contributed by atoms with van der Waals surface area (Å²) in [6.45, 7) is 1.56. The average molecular weight is 589 g/mol. The van der Waals surface area contributed by atoms with Crippen LogP contribution >= 0.6 is 23.2 Å². The Morgan fingerprint density at radius 1 is 1.08 bits per heavy atom. The molecule has 0 spiro atoms. The van der Waals surface area contributed by atoms with Gasteiger partial charge in [0.15, 0.2) is 6.29 Å². The first-order valence-corrected chi connectivity index (χ1v) is 14.3. The molecule has 1 aliphatic heterocycles. The van der Waals surface area contributed by atoms with Crippen molar-refractivity contribution in [1.82, 2.24) is 9.62 Å². The van der Waals surface area contributed by atoms with Gasteiger partial charge in [-0.15, -0.1) is 0 Å². The monoisotopic (exact) mass is 588 g/mol. The summed E-state index contributed by atoms with van der Waals surface area (Å²) in [5.41, 5.74) is 1.20. The smallest absolute Gasteiger partial charge is 0.326 e. The summed E-state index contributed by atoms with van der Waals surface area (Å²) in [6, 6.07) is 16.8. The second kappa shape index (κ2) is 11.5. The molecule has 4 rings (SSSR count). The third-order valence-electron chi connectivity index (χ3n) is 6.88. The molecule has 11 heteroatoms. The van der Waals surface area contributed by atoms with Gasteiger partial charge < -0.3 is 10.4 Å². The zero-order chi connectivity index (χ0) is 28.4. The van der Waals surface area contributed by atoms with Crippen molar-refractivity contribution in [3.8, 4) is 11.1 Å². The van der Waals surface area contributed by atoms with Crippen molar-refractivity contribution in [2.45, 2.75) is 42.7 Å². The van der Waals surface area contributed by atoms with E-state index in [1.807, 2.05) is 12.1 Å². The number of nitrogens with zero attached hydrogens (tertiary/aromatic N) is 1. The number of hydrogen-bond donors (Lipinski definition) is 2. The normalized spacial score (nSPS) is 18.4. The van der Waals surface area contributed by atoms with E-state index in [1.165, 1.54) is 25.1 Å². The highest BCUT2D eigenvalue weighted by molar-refractivity contribution is 7.89. The highest BCUT2D eigenvalue weighted by atomic mass is 35.5. The predicted octanol–water partition coefficient (Wildman–Crippen LogP) is 4.83. The maximum atomic E-state index is 13.5. The lowest BCUT2D eigenvalue weighted by atomic mass is 9.96. The summed E-state index contributed by atoms with van der Waals surface area (Å²) in [7, 11) is -4.16. The Morgan fingerprint density at radius 3 is 2.33 bits per heavy atom. The lowest BCUT2D eigenvalue weighted by Gasteiger charge is -2.34. The third-order valence-corrected chi connectivity index (χ3v) is 9.32. The summed E-state index contributed by atoms with van der Waals surface area (Å²) in [6.07, 6.45) is 1.37. The van der Waals surface area contributed by atoms with E-state index in [4.69, 9.17) is 23.2 Å². The number of sulfonamides is 1. The molecule has 1 amide bonds. The van der Waals surface area contributed by atoms with Gasteiger partial charge in [-0.2, -0.15) is 4.31 Å². The first kappa shape index (κ1) is 28.8. The minimum Gasteiger partial charge on any atom is -0.480 e. The molecule has 0 aliphatic carbocycles. The van der Waals surface area contributed by atoms with Gasteiger partial charge in [-0.1, -0.05) is 71.7 Å². The Labute approximate surface area is 236 Å². The Kier molecular flexibility index (Phi) is 8.46. The minimum atomic E-state index is -4.16. The molecule has 8 nitrogen and oxygen atoms in total. The number of rotatable bonds is 9. The minimum absolute atomic E-state index is 0.0244. The predicted molar refractivity (Wildman–Crippen MR) is 149 cm³/mol. The van der Waals surface area contributed by atoms with E-state index in [9.17, 15) is 27.9 Å². The van der Waals surface area contributed by atoms with Crippen molar-refractivity contribution < 1.29 is 27.9 Å². The maximum Gasteiger partial charge on any atom is 0.326 e. The number of carboxylic acid groups (broad SMARTS) is 1. The first-order valence-electron chi connectivity index (χ1n) is 12.1. The molecule has 0 radical (unpaired) electrons. The summed E-state index contributed by atoms with van der Waals surface area (Å²) in [5.74, 6) is -1.96. The zero-order valence-electron chi connectivity index (χ0n) is 20.9. The summed E-state index contributed by atoms with van der Waals surface area (Å²) in [4.78, 5) is 36.7. The van der Waals surface area contributed by atoms with Gasteiger partial charge in [-0.25, -0.2) is 13.2 Å². The van der Waals surface area contributed by atoms with E-state index in [-0.39, 0.29) is 34.3 Å². The molecule has 1 saturated heterocycles. The molecule has 1 fully saturated rings. The van der Waals surface area contributed by atoms with Crippen LogP contribution in [0.25, 0.3) is 11.1 Å². The van der Waals surface area contributed by atoms with E-state index in [0.717, 1.165) is 21.7 Å². The second-order valence-electron chi connectivity index (χ2n) is 9.53. The SMILES string of the molecule is C[C@@]1(C(=O)NC(Cc2ccc(-c3ccccc3C=O)cc2)C(=O)O)CCCN1S(=O)(=O)c1cc(Cl)cc(Cl)c1. The number of hydrogen-bond acceptors (Lipinski definition) is 5. The van der Waals surface area contributed by atoms with Crippen LogP contribution in [0.15, 0.2) is 71.6 Å². The van der Waals surface area contributed by atoms with Crippen LogP contribution in [-0.4, -0.2) is 54.1 Å². The van der Waals surface area contributed by atoms with Crippen LogP contribution in [0.1, 0.15) is 35.7 Å². The maximum absolute atomic E-state index is 13.5. The molecule has 204 valence electrons. The lowest BCUT2D eigenvalue weighted by molar-refractivity contribution is -0.143. The second-order valence-corrected chi connectivity index (χ2v) is 12.3. The molecule has 2 N–H and O–H groups in total. The van der Waals surface area contributed by atoms with E-state index in [1.54, 1.807) is 36.4 Å². The number of benzene rings is 3. The van der Waals surface area contributed by atoms with E-state index >= 15 is 0 Å². The molecule has 1 aliphatic rings. The number of amides is 1. The highest BCUT2D eigenvalue weighted by Crippen LogP contribution is 2.36. The number of nitrogens with one attached hydrogen (secondary N) is 1. The van der Waals surface area contributed by atoms with Crippen molar-refractivity contribution in [3.05, 3.63) is 87.9 Å². The van der Waals surface area contributed by atoms with Gasteiger partial charge >= 0.3 is 5.97 Å². The number of carboxylic acids is 1. The largest absolute Gasteiger partial charge is 0.480 e. The molecular weight excluding hydrogens is 563 g/mol. The van der Waals surface area contributed by atoms with Crippen LogP contribution in [0.2, 0.25) is 10.0 Å². The van der Waals surface area contributed by atoms with Crippen LogP contribution in [0.4, 0.5) is 0 Å². The molecule has 1 heterocycles. The Bertz CT molecular complexity index is 1510. The van der Waals surface area contributed by atoms with Crippen molar-refractivity contribution in [3.63, 3.8) is 0 Å². The number of aliphatic carboxylic acids is 1. The molecule has 0 aromatic heterocycles. The zero-order valence-corrected chi connectivity index (χ0v) is 23.3. The topological polar surface area (TPSA) is 121 Å². The van der Waals surface area contributed by atoms with E-state index < -0.39 is 33.5 Å². The van der Waals surface area contributed by atoms with E-state index in [2.05, 4.69) is 5.32 Å². The van der Waals surface area contributed by atoms with Crippen LogP contribution in [0.3, 0.4) is 0 Å². The Balaban J connectivity index is 1.54. The molecule has 3 aromatic carbocycles. The summed E-state index contributed by atoms with van der Waals surface area (Å²) < 4.78 is 28.0. The molecule has 0 saturated carbocycles. The molecular formula is C28H26Cl2N2O6S. The van der Waals surface area contributed by atoms with Crippen molar-refractivity contribution >= 4 is 51.4 Å². The van der Waals surface area contributed by atoms with Crippen molar-refractivity contribution in [1.29, 1.82) is 0 Å². The highest BCUT2D eigenvalue weighted by Gasteiger charge is 2.50. The molecule has 3 aromatic rings. The van der Waals surface area contributed by atoms with Gasteiger partial charge in [0, 0.05) is 28.6 Å². The lowest BCUT2D eigenvalue weighted by Crippen LogP contribution is -2.58. The van der Waals surface area contributed by atoms with Crippen LogP contribution in [0.5, 0.6) is 0 Å². The average Bonchev–Trinajstić information content (AvgIpc) is 3.31. The Morgan fingerprint density at radius 2 is 1.72 bits per heavy atom. The first-order chi connectivity index (χ1) is 18.5. The van der Waals surface area contributed by atoms with Gasteiger partial charge in [0.2, 0.25) is 15.9 Å². The summed E-state index contributed by atoms with van der Waals surface area (Å²) >= 11 is 12.0. The van der Waals surface area contributed by atoms with Gasteiger partial charge in [0.1, 0.15) is 11.6 Å². The van der Waals surface area contributed by atoms with Crippen molar-refractivity contribution in [2.24, 2.45) is 0 Å². The van der Waals surface area contributed by atoms with Crippen LogP contribution in [0, 0.1) is 0 Å². The molecule has 39 heavy (non-hydrogen) atoms.